The fraction of sp³-hybridized carbons (Fsp3) is 0.900. The number of aliphatic hydroxyl groups is 1. The van der Waals surface area contributed by atoms with E-state index in [0.717, 1.165) is 6.54 Å². The van der Waals surface area contributed by atoms with Gasteiger partial charge in [-0.2, -0.15) is 0 Å². The molecule has 2 rings (SSSR count). The van der Waals surface area contributed by atoms with Crippen molar-refractivity contribution in [3.8, 4) is 0 Å². The van der Waals surface area contributed by atoms with Crippen molar-refractivity contribution >= 4 is 5.91 Å². The summed E-state index contributed by atoms with van der Waals surface area (Å²) in [4.78, 5) is 11.7. The lowest BCUT2D eigenvalue weighted by molar-refractivity contribution is -0.123. The highest BCUT2D eigenvalue weighted by atomic mass is 16.3. The van der Waals surface area contributed by atoms with Gasteiger partial charge in [-0.25, -0.2) is 0 Å². The molecule has 0 aromatic carbocycles. The molecule has 1 aliphatic carbocycles. The molecule has 0 spiro atoms. The van der Waals surface area contributed by atoms with Crippen LogP contribution in [0, 0.1) is 11.8 Å². The van der Waals surface area contributed by atoms with Crippen molar-refractivity contribution < 1.29 is 9.90 Å². The largest absolute Gasteiger partial charge is 0.395 e. The smallest absolute Gasteiger partial charge is 0.237 e. The maximum Gasteiger partial charge on any atom is 0.237 e. The highest BCUT2D eigenvalue weighted by molar-refractivity contribution is 5.82. The topological polar surface area (TPSA) is 61.4 Å². The summed E-state index contributed by atoms with van der Waals surface area (Å²) in [6.07, 6.45) is 3.71. The van der Waals surface area contributed by atoms with E-state index in [2.05, 4.69) is 10.6 Å². The van der Waals surface area contributed by atoms with Crippen LogP contribution in [-0.4, -0.2) is 36.8 Å². The second-order valence-electron chi connectivity index (χ2n) is 4.26. The molecule has 0 radical (unpaired) electrons. The number of hydrogen-bond donors (Lipinski definition) is 3. The van der Waals surface area contributed by atoms with Crippen LogP contribution in [0.15, 0.2) is 0 Å². The van der Waals surface area contributed by atoms with Crippen molar-refractivity contribution in [2.45, 2.75) is 25.3 Å². The maximum atomic E-state index is 11.7. The fourth-order valence-electron chi connectivity index (χ4n) is 2.76. The Kier molecular flexibility index (Phi) is 3.03. The summed E-state index contributed by atoms with van der Waals surface area (Å²) in [5, 5.41) is 14.6. The molecule has 1 aliphatic heterocycles. The van der Waals surface area contributed by atoms with Crippen molar-refractivity contribution in [3.63, 3.8) is 0 Å². The summed E-state index contributed by atoms with van der Waals surface area (Å²) in [6, 6.07) is -0.00551. The number of carbonyl (C=O) groups excluding carboxylic acids is 1. The van der Waals surface area contributed by atoms with E-state index in [1.165, 1.54) is 19.3 Å². The molecule has 2 aliphatic rings. The molecule has 80 valence electrons. The normalized spacial score (nSPS) is 35.6. The predicted molar refractivity (Wildman–Crippen MR) is 52.7 cm³/mol. The number of amides is 1. The zero-order valence-corrected chi connectivity index (χ0v) is 8.33. The minimum Gasteiger partial charge on any atom is -0.395 e. The lowest BCUT2D eigenvalue weighted by atomic mass is 9.94. The Hall–Kier alpha value is -0.610. The van der Waals surface area contributed by atoms with E-state index in [1.807, 2.05) is 0 Å². The van der Waals surface area contributed by atoms with Crippen LogP contribution in [0.3, 0.4) is 0 Å². The van der Waals surface area contributed by atoms with Gasteiger partial charge in [-0.3, -0.25) is 4.79 Å². The van der Waals surface area contributed by atoms with E-state index in [1.54, 1.807) is 0 Å². The molecule has 1 saturated heterocycles. The van der Waals surface area contributed by atoms with Crippen LogP contribution in [0.4, 0.5) is 0 Å². The summed E-state index contributed by atoms with van der Waals surface area (Å²) in [7, 11) is 0. The van der Waals surface area contributed by atoms with Crippen molar-refractivity contribution in [1.82, 2.24) is 10.6 Å². The number of aliphatic hydroxyl groups excluding tert-OH is 1. The molecule has 1 saturated carbocycles. The quantitative estimate of drug-likeness (QED) is 0.572. The molecular weight excluding hydrogens is 180 g/mol. The van der Waals surface area contributed by atoms with E-state index in [4.69, 9.17) is 5.11 Å². The zero-order valence-electron chi connectivity index (χ0n) is 8.33. The number of carbonyl (C=O) groups is 1. The molecule has 0 bridgehead atoms. The van der Waals surface area contributed by atoms with Gasteiger partial charge >= 0.3 is 0 Å². The highest BCUT2D eigenvalue weighted by Gasteiger charge is 2.42. The molecule has 3 unspecified atom stereocenters. The summed E-state index contributed by atoms with van der Waals surface area (Å²) >= 11 is 0. The Morgan fingerprint density at radius 3 is 3.14 bits per heavy atom. The minimum atomic E-state index is -0.00551. The van der Waals surface area contributed by atoms with Gasteiger partial charge in [0.15, 0.2) is 0 Å². The standard InChI is InChI=1S/C10H18N2O2/c13-5-4-11-10(14)9-8-3-1-2-7(8)6-12-9/h7-9,12-13H,1-6H2,(H,11,14). The van der Waals surface area contributed by atoms with Crippen LogP contribution < -0.4 is 10.6 Å². The van der Waals surface area contributed by atoms with Gasteiger partial charge in [0.1, 0.15) is 0 Å². The highest BCUT2D eigenvalue weighted by Crippen LogP contribution is 2.37. The molecule has 0 aromatic heterocycles. The molecule has 4 nitrogen and oxygen atoms in total. The first-order chi connectivity index (χ1) is 6.83. The Morgan fingerprint density at radius 1 is 1.50 bits per heavy atom. The Morgan fingerprint density at radius 2 is 2.36 bits per heavy atom. The maximum absolute atomic E-state index is 11.7. The summed E-state index contributed by atoms with van der Waals surface area (Å²) in [6.45, 7) is 1.38. The Bertz CT molecular complexity index is 220. The van der Waals surface area contributed by atoms with Crippen LogP contribution in [-0.2, 0) is 4.79 Å². The number of rotatable bonds is 3. The summed E-state index contributed by atoms with van der Waals surface area (Å²) in [5.74, 6) is 1.31. The average molecular weight is 198 g/mol. The van der Waals surface area contributed by atoms with Gasteiger partial charge < -0.3 is 15.7 Å². The van der Waals surface area contributed by atoms with Gasteiger partial charge in [0.25, 0.3) is 0 Å². The van der Waals surface area contributed by atoms with Crippen molar-refractivity contribution in [3.05, 3.63) is 0 Å². The van der Waals surface area contributed by atoms with Gasteiger partial charge in [-0.15, -0.1) is 0 Å². The van der Waals surface area contributed by atoms with E-state index in [-0.39, 0.29) is 18.6 Å². The number of nitrogens with one attached hydrogen (secondary N) is 2. The molecule has 3 atom stereocenters. The molecule has 14 heavy (non-hydrogen) atoms. The van der Waals surface area contributed by atoms with E-state index in [0.29, 0.717) is 18.4 Å². The van der Waals surface area contributed by atoms with Gasteiger partial charge in [-0.05, 0) is 31.2 Å². The van der Waals surface area contributed by atoms with Crippen LogP contribution in [0.5, 0.6) is 0 Å². The second kappa shape index (κ2) is 4.28. The lowest BCUT2D eigenvalue weighted by Crippen LogP contribution is -2.44. The monoisotopic (exact) mass is 198 g/mol. The average Bonchev–Trinajstić information content (AvgIpc) is 2.74. The predicted octanol–water partition coefficient (Wildman–Crippen LogP) is -0.517. The summed E-state index contributed by atoms with van der Waals surface area (Å²) in [5.41, 5.74) is 0. The number of fused-ring (bicyclic) bond motifs is 1. The third-order valence-corrected chi connectivity index (χ3v) is 3.44. The summed E-state index contributed by atoms with van der Waals surface area (Å²) < 4.78 is 0. The Balaban J connectivity index is 1.88. The molecule has 1 amide bonds. The second-order valence-corrected chi connectivity index (χ2v) is 4.26. The zero-order chi connectivity index (χ0) is 9.97. The van der Waals surface area contributed by atoms with Gasteiger partial charge in [-0.1, -0.05) is 6.42 Å². The first-order valence-electron chi connectivity index (χ1n) is 5.45. The minimum absolute atomic E-state index is 0.00551. The molecule has 1 heterocycles. The fourth-order valence-corrected chi connectivity index (χ4v) is 2.76. The van der Waals surface area contributed by atoms with Gasteiger partial charge in [0.05, 0.1) is 12.6 Å². The van der Waals surface area contributed by atoms with Crippen LogP contribution in [0.25, 0.3) is 0 Å². The van der Waals surface area contributed by atoms with Crippen molar-refractivity contribution in [2.75, 3.05) is 19.7 Å². The molecular formula is C10H18N2O2. The lowest BCUT2D eigenvalue weighted by Gasteiger charge is -2.17. The van der Waals surface area contributed by atoms with Crippen molar-refractivity contribution in [1.29, 1.82) is 0 Å². The third-order valence-electron chi connectivity index (χ3n) is 3.44. The van der Waals surface area contributed by atoms with Gasteiger partial charge in [0, 0.05) is 6.54 Å². The van der Waals surface area contributed by atoms with Crippen LogP contribution in [0.1, 0.15) is 19.3 Å². The van der Waals surface area contributed by atoms with Crippen LogP contribution in [0.2, 0.25) is 0 Å². The van der Waals surface area contributed by atoms with E-state index >= 15 is 0 Å². The van der Waals surface area contributed by atoms with E-state index in [9.17, 15) is 4.79 Å². The third kappa shape index (κ3) is 1.77. The molecule has 3 N–H and O–H groups in total. The van der Waals surface area contributed by atoms with Gasteiger partial charge in [0.2, 0.25) is 5.91 Å². The van der Waals surface area contributed by atoms with E-state index < -0.39 is 0 Å². The molecule has 4 heteroatoms. The molecule has 0 aromatic rings. The first kappa shape index (κ1) is 9.93. The first-order valence-corrected chi connectivity index (χ1v) is 5.45. The van der Waals surface area contributed by atoms with Crippen molar-refractivity contribution in [2.24, 2.45) is 11.8 Å². The van der Waals surface area contributed by atoms with Crippen LogP contribution >= 0.6 is 0 Å². The molecule has 2 fully saturated rings. The number of hydrogen-bond acceptors (Lipinski definition) is 3. The SMILES string of the molecule is O=C(NCCO)C1NCC2CCCC21. The Labute approximate surface area is 84.1 Å².